The fraction of sp³-hybridized carbons (Fsp3) is 0.600. The minimum atomic E-state index is -1.33. The number of aliphatic imine (C=N–C) groups is 1. The van der Waals surface area contributed by atoms with E-state index < -0.39 is 60.7 Å². The molecule has 14 nitrogen and oxygen atoms in total. The SMILES string of the molecule is CC(NC(=O)C(CC(N)=O)NC(=O)CN)C(=O)NC(CCCN=C(N)N)C(=O)O. The molecular weight excluding hydrogens is 388 g/mol. The van der Waals surface area contributed by atoms with Gasteiger partial charge in [-0.25, -0.2) is 4.79 Å². The predicted octanol–water partition coefficient (Wildman–Crippen LogP) is -4.57. The zero-order valence-corrected chi connectivity index (χ0v) is 16.0. The summed E-state index contributed by atoms with van der Waals surface area (Å²) in [4.78, 5) is 61.9. The van der Waals surface area contributed by atoms with Gasteiger partial charge in [0.15, 0.2) is 5.96 Å². The fourth-order valence-electron chi connectivity index (χ4n) is 2.10. The van der Waals surface area contributed by atoms with Crippen LogP contribution in [-0.4, -0.2) is 71.9 Å². The van der Waals surface area contributed by atoms with Gasteiger partial charge in [-0.05, 0) is 19.8 Å². The van der Waals surface area contributed by atoms with Gasteiger partial charge in [0, 0.05) is 6.54 Å². The van der Waals surface area contributed by atoms with Crippen LogP contribution in [0.4, 0.5) is 0 Å². The average Bonchev–Trinajstić information content (AvgIpc) is 2.62. The third kappa shape index (κ3) is 11.1. The number of nitrogens with zero attached hydrogens (tertiary/aromatic N) is 1. The van der Waals surface area contributed by atoms with E-state index in [4.69, 9.17) is 22.9 Å². The Balaban J connectivity index is 4.85. The molecule has 0 aromatic rings. The monoisotopic (exact) mass is 416 g/mol. The molecular formula is C15H28N8O6. The molecule has 0 aliphatic rings. The molecule has 4 amide bonds. The maximum Gasteiger partial charge on any atom is 0.326 e. The summed E-state index contributed by atoms with van der Waals surface area (Å²) in [5.74, 6) is -4.60. The smallest absolute Gasteiger partial charge is 0.326 e. The summed E-state index contributed by atoms with van der Waals surface area (Å²) in [6.07, 6.45) is -0.161. The summed E-state index contributed by atoms with van der Waals surface area (Å²) in [7, 11) is 0. The van der Waals surface area contributed by atoms with E-state index in [1.54, 1.807) is 0 Å². The van der Waals surface area contributed by atoms with Gasteiger partial charge in [0.1, 0.15) is 18.1 Å². The number of aliphatic carboxylic acids is 1. The normalized spacial score (nSPS) is 13.3. The molecule has 0 spiro atoms. The second-order valence-corrected chi connectivity index (χ2v) is 6.07. The molecule has 0 saturated carbocycles. The Labute approximate surface area is 166 Å². The summed E-state index contributed by atoms with van der Waals surface area (Å²) in [5, 5.41) is 16.0. The van der Waals surface area contributed by atoms with Crippen LogP contribution in [0.15, 0.2) is 4.99 Å². The molecule has 29 heavy (non-hydrogen) atoms. The Bertz CT molecular complexity index is 649. The van der Waals surface area contributed by atoms with Gasteiger partial charge in [-0.3, -0.25) is 24.2 Å². The highest BCUT2D eigenvalue weighted by atomic mass is 16.4. The van der Waals surface area contributed by atoms with E-state index in [9.17, 15) is 29.1 Å². The molecule has 0 aliphatic carbocycles. The lowest BCUT2D eigenvalue weighted by atomic mass is 10.1. The number of hydrogen-bond donors (Lipinski definition) is 8. The predicted molar refractivity (Wildman–Crippen MR) is 102 cm³/mol. The van der Waals surface area contributed by atoms with Gasteiger partial charge < -0.3 is 44.0 Å². The van der Waals surface area contributed by atoms with E-state index >= 15 is 0 Å². The highest BCUT2D eigenvalue weighted by Gasteiger charge is 2.27. The van der Waals surface area contributed by atoms with E-state index in [2.05, 4.69) is 20.9 Å². The van der Waals surface area contributed by atoms with Crippen molar-refractivity contribution in [2.45, 2.75) is 44.3 Å². The third-order valence-corrected chi connectivity index (χ3v) is 3.55. The van der Waals surface area contributed by atoms with Crippen molar-refractivity contribution < 1.29 is 29.1 Å². The summed E-state index contributed by atoms with van der Waals surface area (Å²) < 4.78 is 0. The number of carbonyl (C=O) groups excluding carboxylic acids is 4. The Morgan fingerprint density at radius 3 is 2.07 bits per heavy atom. The topological polar surface area (TPSA) is 258 Å². The zero-order chi connectivity index (χ0) is 22.6. The number of carboxylic acid groups (broad SMARTS) is 1. The van der Waals surface area contributed by atoms with Crippen molar-refractivity contribution in [3.05, 3.63) is 0 Å². The van der Waals surface area contributed by atoms with E-state index in [0.29, 0.717) is 6.42 Å². The van der Waals surface area contributed by atoms with Crippen LogP contribution in [0.3, 0.4) is 0 Å². The Hall–Kier alpha value is -3.42. The summed E-state index contributed by atoms with van der Waals surface area (Å²) in [6, 6.07) is -3.71. The molecule has 3 unspecified atom stereocenters. The molecule has 0 aromatic heterocycles. The van der Waals surface area contributed by atoms with Crippen molar-refractivity contribution in [1.29, 1.82) is 0 Å². The molecule has 0 fully saturated rings. The minimum Gasteiger partial charge on any atom is -0.480 e. The average molecular weight is 416 g/mol. The van der Waals surface area contributed by atoms with Crippen LogP contribution in [0.25, 0.3) is 0 Å². The molecule has 14 heteroatoms. The van der Waals surface area contributed by atoms with Crippen LogP contribution in [0.2, 0.25) is 0 Å². The lowest BCUT2D eigenvalue weighted by Gasteiger charge is -2.21. The molecule has 0 bridgehead atoms. The first-order chi connectivity index (χ1) is 13.5. The highest BCUT2D eigenvalue weighted by molar-refractivity contribution is 5.95. The third-order valence-electron chi connectivity index (χ3n) is 3.55. The molecule has 0 rings (SSSR count). The van der Waals surface area contributed by atoms with Crippen LogP contribution in [0.1, 0.15) is 26.2 Å². The first-order valence-corrected chi connectivity index (χ1v) is 8.64. The number of hydrogen-bond acceptors (Lipinski definition) is 7. The largest absolute Gasteiger partial charge is 0.480 e. The molecule has 3 atom stereocenters. The van der Waals surface area contributed by atoms with Crippen LogP contribution in [0, 0.1) is 0 Å². The minimum absolute atomic E-state index is 0.0510. The first-order valence-electron chi connectivity index (χ1n) is 8.64. The Kier molecular flexibility index (Phi) is 11.4. The van der Waals surface area contributed by atoms with Gasteiger partial charge >= 0.3 is 5.97 Å². The van der Waals surface area contributed by atoms with Crippen LogP contribution in [-0.2, 0) is 24.0 Å². The maximum atomic E-state index is 12.2. The van der Waals surface area contributed by atoms with Gasteiger partial charge in [-0.15, -0.1) is 0 Å². The lowest BCUT2D eigenvalue weighted by molar-refractivity contribution is -0.142. The molecule has 0 saturated heterocycles. The Morgan fingerprint density at radius 1 is 0.966 bits per heavy atom. The van der Waals surface area contributed by atoms with Gasteiger partial charge in [0.25, 0.3) is 0 Å². The van der Waals surface area contributed by atoms with E-state index in [1.807, 2.05) is 0 Å². The van der Waals surface area contributed by atoms with E-state index in [-0.39, 0.29) is 18.9 Å². The molecule has 0 radical (unpaired) electrons. The number of carbonyl (C=O) groups is 5. The molecule has 164 valence electrons. The summed E-state index contributed by atoms with van der Waals surface area (Å²) >= 11 is 0. The van der Waals surface area contributed by atoms with Crippen molar-refractivity contribution in [2.75, 3.05) is 13.1 Å². The van der Waals surface area contributed by atoms with Crippen molar-refractivity contribution in [1.82, 2.24) is 16.0 Å². The maximum absolute atomic E-state index is 12.2. The Morgan fingerprint density at radius 2 is 1.59 bits per heavy atom. The van der Waals surface area contributed by atoms with E-state index in [0.717, 1.165) is 0 Å². The quantitative estimate of drug-likeness (QED) is 0.0814. The van der Waals surface area contributed by atoms with Crippen molar-refractivity contribution >= 4 is 35.6 Å². The van der Waals surface area contributed by atoms with Crippen LogP contribution < -0.4 is 38.9 Å². The van der Waals surface area contributed by atoms with Gasteiger partial charge in [-0.1, -0.05) is 0 Å². The summed E-state index contributed by atoms with van der Waals surface area (Å²) in [6.45, 7) is 1.07. The van der Waals surface area contributed by atoms with E-state index in [1.165, 1.54) is 6.92 Å². The fourth-order valence-corrected chi connectivity index (χ4v) is 2.10. The second kappa shape index (κ2) is 12.9. The van der Waals surface area contributed by atoms with Crippen molar-refractivity contribution in [2.24, 2.45) is 27.9 Å². The first kappa shape index (κ1) is 25.6. The highest BCUT2D eigenvalue weighted by Crippen LogP contribution is 2.00. The molecule has 0 aromatic carbocycles. The number of carboxylic acids is 1. The molecule has 0 aliphatic heterocycles. The number of primary amides is 1. The molecule has 12 N–H and O–H groups in total. The van der Waals surface area contributed by atoms with Gasteiger partial charge in [-0.2, -0.15) is 0 Å². The number of nitrogens with two attached hydrogens (primary N) is 4. The second-order valence-electron chi connectivity index (χ2n) is 6.07. The molecule has 0 heterocycles. The standard InChI is InChI=1S/C15H28N8O6/c1-7(21-13(27)9(5-10(17)24)22-11(25)6-16)12(26)23-8(14(28)29)3-2-4-20-15(18)19/h7-9H,2-6,16H2,1H3,(H2,17,24)(H,21,27)(H,22,25)(H,23,26)(H,28,29)(H4,18,19,20). The number of rotatable bonds is 13. The zero-order valence-electron chi connectivity index (χ0n) is 16.0. The number of nitrogens with one attached hydrogen (secondary N) is 3. The number of guanidine groups is 1. The van der Waals surface area contributed by atoms with Gasteiger partial charge in [0.05, 0.1) is 13.0 Å². The van der Waals surface area contributed by atoms with Crippen LogP contribution in [0.5, 0.6) is 0 Å². The van der Waals surface area contributed by atoms with Gasteiger partial charge in [0.2, 0.25) is 23.6 Å². The van der Waals surface area contributed by atoms with Crippen molar-refractivity contribution in [3.63, 3.8) is 0 Å². The number of amides is 4. The van der Waals surface area contributed by atoms with Crippen LogP contribution >= 0.6 is 0 Å². The van der Waals surface area contributed by atoms with Crippen molar-refractivity contribution in [3.8, 4) is 0 Å². The summed E-state index contributed by atoms with van der Waals surface area (Å²) in [5.41, 5.74) is 20.5. The lowest BCUT2D eigenvalue weighted by Crippen LogP contribution is -2.55.